The highest BCUT2D eigenvalue weighted by Gasteiger charge is 2.31. The van der Waals surface area contributed by atoms with Gasteiger partial charge < -0.3 is 15.2 Å². The van der Waals surface area contributed by atoms with E-state index in [1.54, 1.807) is 0 Å². The Morgan fingerprint density at radius 2 is 1.96 bits per heavy atom. The van der Waals surface area contributed by atoms with Crippen LogP contribution >= 0.6 is 0 Å². The molecule has 0 bridgehead atoms. The summed E-state index contributed by atoms with van der Waals surface area (Å²) in [5.74, 6) is 0.582. The van der Waals surface area contributed by atoms with Gasteiger partial charge in [-0.05, 0) is 44.5 Å². The lowest BCUT2D eigenvalue weighted by Crippen LogP contribution is -2.38. The molecule has 1 aliphatic carbocycles. The maximum absolute atomic E-state index is 11.4. The number of benzene rings is 1. The van der Waals surface area contributed by atoms with Gasteiger partial charge in [0.2, 0.25) is 0 Å². The predicted molar refractivity (Wildman–Crippen MR) is 90.4 cm³/mol. The third kappa shape index (κ3) is 5.84. The van der Waals surface area contributed by atoms with E-state index in [0.717, 1.165) is 32.2 Å². The van der Waals surface area contributed by atoms with Gasteiger partial charge in [0, 0.05) is 19.6 Å². The van der Waals surface area contributed by atoms with Crippen molar-refractivity contribution in [2.24, 2.45) is 0 Å². The van der Waals surface area contributed by atoms with Crippen LogP contribution in [0, 0.1) is 0 Å². The topological polar surface area (TPSA) is 61.8 Å². The zero-order chi connectivity index (χ0) is 16.7. The van der Waals surface area contributed by atoms with Gasteiger partial charge in [0.15, 0.2) is 6.61 Å². The van der Waals surface area contributed by atoms with Gasteiger partial charge in [-0.15, -0.1) is 0 Å². The number of nitrogens with one attached hydrogen (secondary N) is 1. The van der Waals surface area contributed by atoms with Crippen molar-refractivity contribution in [3.05, 3.63) is 29.8 Å². The average molecular weight is 320 g/mol. The summed E-state index contributed by atoms with van der Waals surface area (Å²) >= 11 is 0. The van der Waals surface area contributed by atoms with E-state index in [4.69, 9.17) is 4.74 Å². The van der Waals surface area contributed by atoms with E-state index in [1.165, 1.54) is 5.56 Å². The van der Waals surface area contributed by atoms with Crippen LogP contribution in [0.15, 0.2) is 24.3 Å². The summed E-state index contributed by atoms with van der Waals surface area (Å²) in [6.45, 7) is 4.03. The van der Waals surface area contributed by atoms with E-state index < -0.39 is 5.60 Å². The predicted octanol–water partition coefficient (Wildman–Crippen LogP) is 1.94. The molecule has 5 heteroatoms. The summed E-state index contributed by atoms with van der Waals surface area (Å²) in [5, 5.41) is 13.1. The number of likely N-dealkylation sites (N-methyl/N-ethyl adjacent to an activating group) is 2. The highest BCUT2D eigenvalue weighted by Crippen LogP contribution is 2.30. The minimum atomic E-state index is -0.509. The Balaban J connectivity index is 1.78. The van der Waals surface area contributed by atoms with Gasteiger partial charge in [0.05, 0.1) is 5.60 Å². The highest BCUT2D eigenvalue weighted by atomic mass is 16.5. The van der Waals surface area contributed by atoms with Crippen LogP contribution in [0.4, 0.5) is 0 Å². The molecule has 1 fully saturated rings. The molecule has 1 saturated carbocycles. The zero-order valence-electron chi connectivity index (χ0n) is 14.2. The SMILES string of the molecule is CCNC(=O)COc1ccc(CN(C)CC2(O)CCCC2)cc1. The lowest BCUT2D eigenvalue weighted by molar-refractivity contribution is -0.122. The molecule has 2 rings (SSSR count). The van der Waals surface area contributed by atoms with E-state index in [0.29, 0.717) is 18.8 Å². The molecule has 1 amide bonds. The quantitative estimate of drug-likeness (QED) is 0.768. The second-order valence-electron chi connectivity index (χ2n) is 6.49. The molecule has 0 aliphatic heterocycles. The minimum Gasteiger partial charge on any atom is -0.484 e. The van der Waals surface area contributed by atoms with Crippen LogP contribution in [0.2, 0.25) is 0 Å². The number of carbonyl (C=O) groups excluding carboxylic acids is 1. The van der Waals surface area contributed by atoms with E-state index in [9.17, 15) is 9.90 Å². The van der Waals surface area contributed by atoms with Gasteiger partial charge in [-0.1, -0.05) is 25.0 Å². The summed E-state index contributed by atoms with van der Waals surface area (Å²) in [6, 6.07) is 7.77. The van der Waals surface area contributed by atoms with Crippen molar-refractivity contribution in [1.29, 1.82) is 0 Å². The lowest BCUT2D eigenvalue weighted by Gasteiger charge is -2.28. The molecule has 1 aromatic carbocycles. The van der Waals surface area contributed by atoms with E-state index in [-0.39, 0.29) is 12.5 Å². The summed E-state index contributed by atoms with van der Waals surface area (Å²) in [4.78, 5) is 13.5. The molecule has 0 heterocycles. The Kier molecular flexibility index (Phi) is 6.42. The number of hydrogen-bond acceptors (Lipinski definition) is 4. The third-order valence-corrected chi connectivity index (χ3v) is 4.22. The van der Waals surface area contributed by atoms with Gasteiger partial charge in [0.25, 0.3) is 5.91 Å². The lowest BCUT2D eigenvalue weighted by atomic mass is 10.0. The smallest absolute Gasteiger partial charge is 0.257 e. The maximum atomic E-state index is 11.4. The van der Waals surface area contributed by atoms with E-state index in [1.807, 2.05) is 38.2 Å². The van der Waals surface area contributed by atoms with Crippen LogP contribution in [-0.2, 0) is 11.3 Å². The molecule has 0 aromatic heterocycles. The molecule has 0 spiro atoms. The number of nitrogens with zero attached hydrogens (tertiary/aromatic N) is 1. The molecule has 0 radical (unpaired) electrons. The number of ether oxygens (including phenoxy) is 1. The van der Waals surface area contributed by atoms with Gasteiger partial charge >= 0.3 is 0 Å². The van der Waals surface area contributed by atoms with Crippen LogP contribution in [0.3, 0.4) is 0 Å². The Hall–Kier alpha value is -1.59. The molecule has 5 nitrogen and oxygen atoms in total. The summed E-state index contributed by atoms with van der Waals surface area (Å²) in [7, 11) is 2.04. The van der Waals surface area contributed by atoms with Crippen LogP contribution in [0.1, 0.15) is 38.2 Å². The Labute approximate surface area is 138 Å². The summed E-state index contributed by atoms with van der Waals surface area (Å²) in [5.41, 5.74) is 0.657. The zero-order valence-corrected chi connectivity index (χ0v) is 14.2. The maximum Gasteiger partial charge on any atom is 0.257 e. The normalized spacial score (nSPS) is 16.5. The molecule has 0 saturated heterocycles. The first-order chi connectivity index (χ1) is 11.0. The monoisotopic (exact) mass is 320 g/mol. The van der Waals surface area contributed by atoms with E-state index >= 15 is 0 Å². The first-order valence-corrected chi connectivity index (χ1v) is 8.40. The number of aliphatic hydroxyl groups is 1. The van der Waals surface area contributed by atoms with Crippen molar-refractivity contribution >= 4 is 5.91 Å². The Morgan fingerprint density at radius 1 is 1.30 bits per heavy atom. The number of carbonyl (C=O) groups is 1. The van der Waals surface area contributed by atoms with Crippen molar-refractivity contribution < 1.29 is 14.6 Å². The second-order valence-corrected chi connectivity index (χ2v) is 6.49. The molecule has 128 valence electrons. The van der Waals surface area contributed by atoms with Gasteiger partial charge in [-0.2, -0.15) is 0 Å². The van der Waals surface area contributed by atoms with Crippen LogP contribution in [0.5, 0.6) is 5.75 Å². The largest absolute Gasteiger partial charge is 0.484 e. The summed E-state index contributed by atoms with van der Waals surface area (Å²) < 4.78 is 5.44. The fourth-order valence-electron chi connectivity index (χ4n) is 3.15. The number of amides is 1. The molecule has 1 aromatic rings. The molecular weight excluding hydrogens is 292 g/mol. The number of hydrogen-bond donors (Lipinski definition) is 2. The van der Waals surface area contributed by atoms with Crippen molar-refractivity contribution in [3.63, 3.8) is 0 Å². The second kappa shape index (κ2) is 8.31. The van der Waals surface area contributed by atoms with Gasteiger partial charge in [0.1, 0.15) is 5.75 Å². The Bertz CT molecular complexity index is 495. The fraction of sp³-hybridized carbons (Fsp3) is 0.611. The third-order valence-electron chi connectivity index (χ3n) is 4.22. The van der Waals surface area contributed by atoms with Gasteiger partial charge in [-0.3, -0.25) is 9.69 Å². The first kappa shape index (κ1) is 17.8. The van der Waals surface area contributed by atoms with Crippen LogP contribution in [0.25, 0.3) is 0 Å². The van der Waals surface area contributed by atoms with Crippen LogP contribution < -0.4 is 10.1 Å². The van der Waals surface area contributed by atoms with Crippen LogP contribution in [-0.4, -0.2) is 48.3 Å². The first-order valence-electron chi connectivity index (χ1n) is 8.40. The molecule has 1 aliphatic rings. The standard InChI is InChI=1S/C18H28N2O3/c1-3-19-17(21)13-23-16-8-6-15(7-9-16)12-20(2)14-18(22)10-4-5-11-18/h6-9,22H,3-5,10-14H2,1-2H3,(H,19,21). The average Bonchev–Trinajstić information content (AvgIpc) is 2.93. The van der Waals surface area contributed by atoms with Gasteiger partial charge in [-0.25, -0.2) is 0 Å². The minimum absolute atomic E-state index is 0.0418. The Morgan fingerprint density at radius 3 is 2.57 bits per heavy atom. The summed E-state index contributed by atoms with van der Waals surface area (Å²) in [6.07, 6.45) is 4.07. The molecule has 23 heavy (non-hydrogen) atoms. The molecule has 0 atom stereocenters. The molecule has 2 N–H and O–H groups in total. The molecular formula is C18H28N2O3. The van der Waals surface area contributed by atoms with Crippen molar-refractivity contribution in [3.8, 4) is 5.75 Å². The molecule has 0 unspecified atom stereocenters. The fourth-order valence-corrected chi connectivity index (χ4v) is 3.15. The highest BCUT2D eigenvalue weighted by molar-refractivity contribution is 5.77. The van der Waals surface area contributed by atoms with Crippen molar-refractivity contribution in [2.45, 2.75) is 44.8 Å². The van der Waals surface area contributed by atoms with Crippen molar-refractivity contribution in [1.82, 2.24) is 10.2 Å². The number of rotatable bonds is 8. The van der Waals surface area contributed by atoms with E-state index in [2.05, 4.69) is 10.2 Å². The van der Waals surface area contributed by atoms with Crippen molar-refractivity contribution in [2.75, 3.05) is 26.7 Å².